The molecule has 3 aromatic rings. The van der Waals surface area contributed by atoms with Crippen LogP contribution < -0.4 is 10.1 Å². The van der Waals surface area contributed by atoms with Gasteiger partial charge in [0.25, 0.3) is 0 Å². The summed E-state index contributed by atoms with van der Waals surface area (Å²) >= 11 is 0. The zero-order valence-corrected chi connectivity index (χ0v) is 26.5. The Balaban J connectivity index is 1.33. The Hall–Kier alpha value is -4.15. The number of carbonyl (C=O) groups is 2. The molecule has 0 spiro atoms. The maximum absolute atomic E-state index is 12.7. The average molecular weight is 606 g/mol. The first kappa shape index (κ1) is 31.3. The molecule has 1 saturated heterocycles. The molecule has 1 aliphatic carbocycles. The predicted molar refractivity (Wildman–Crippen MR) is 166 cm³/mol. The normalized spacial score (nSPS) is 18.1. The summed E-state index contributed by atoms with van der Waals surface area (Å²) in [6.45, 7) is 11.8. The molecule has 1 N–H and O–H groups in total. The molecule has 2 amide bonds. The SMILES string of the molecule is CC(C)(C)OC(=O)/N=C(/NC(=O)OC(C)(C)C)N1CCC[C@H]1c1nc(-c2ccc3cc(OCC4CCCC4)ccc3c2)no1. The van der Waals surface area contributed by atoms with Gasteiger partial charge >= 0.3 is 12.2 Å². The minimum atomic E-state index is -0.830. The van der Waals surface area contributed by atoms with E-state index in [1.165, 1.54) is 25.7 Å². The number of ether oxygens (including phenoxy) is 3. The second-order valence-corrected chi connectivity index (χ2v) is 13.5. The molecule has 1 aromatic heterocycles. The summed E-state index contributed by atoms with van der Waals surface area (Å²) in [6, 6.07) is 11.7. The van der Waals surface area contributed by atoms with E-state index in [0.717, 1.165) is 35.1 Å². The zero-order chi connectivity index (χ0) is 31.5. The number of carbonyl (C=O) groups excluding carboxylic acids is 2. The summed E-state index contributed by atoms with van der Waals surface area (Å²) in [4.78, 5) is 35.9. The zero-order valence-electron chi connectivity index (χ0n) is 26.5. The Bertz CT molecular complexity index is 1510. The standard InChI is InChI=1S/C33H43N5O6/c1-32(2,3)42-30(39)35-29(36-31(40)43-33(4,5)6)38-17-9-12-26(38)28-34-27(37-44-28)24-14-13-23-19-25(16-15-22(23)18-24)41-20-21-10-7-8-11-21/h13-16,18-19,21,26H,7-12,17,20H2,1-6H3,(H,35,36,39,40)/t26-/m0/s1. The van der Waals surface area contributed by atoms with Gasteiger partial charge in [-0.25, -0.2) is 9.59 Å². The molecular weight excluding hydrogens is 562 g/mol. The third-order valence-electron chi connectivity index (χ3n) is 7.49. The second-order valence-electron chi connectivity index (χ2n) is 13.5. The molecule has 0 bridgehead atoms. The number of benzene rings is 2. The number of guanidine groups is 1. The summed E-state index contributed by atoms with van der Waals surface area (Å²) in [6.07, 6.45) is 4.95. The number of aromatic nitrogens is 2. The van der Waals surface area contributed by atoms with Crippen LogP contribution in [0.3, 0.4) is 0 Å². The number of hydrogen-bond acceptors (Lipinski definition) is 8. The molecule has 44 heavy (non-hydrogen) atoms. The first-order valence-corrected chi connectivity index (χ1v) is 15.4. The topological polar surface area (TPSA) is 128 Å². The number of aliphatic imine (C=N–C) groups is 1. The molecule has 236 valence electrons. The highest BCUT2D eigenvalue weighted by molar-refractivity contribution is 5.99. The Kier molecular flexibility index (Phi) is 9.12. The van der Waals surface area contributed by atoms with Crippen LogP contribution in [0.4, 0.5) is 9.59 Å². The van der Waals surface area contributed by atoms with E-state index in [0.29, 0.717) is 30.6 Å². The van der Waals surface area contributed by atoms with Gasteiger partial charge in [-0.1, -0.05) is 36.2 Å². The van der Waals surface area contributed by atoms with Gasteiger partial charge < -0.3 is 23.6 Å². The van der Waals surface area contributed by atoms with Gasteiger partial charge in [-0.15, -0.1) is 4.99 Å². The third kappa shape index (κ3) is 8.27. The Morgan fingerprint density at radius 1 is 0.955 bits per heavy atom. The van der Waals surface area contributed by atoms with Gasteiger partial charge in [-0.3, -0.25) is 5.32 Å². The Morgan fingerprint density at radius 2 is 1.66 bits per heavy atom. The minimum Gasteiger partial charge on any atom is -0.493 e. The van der Waals surface area contributed by atoms with E-state index in [2.05, 4.69) is 21.5 Å². The van der Waals surface area contributed by atoms with E-state index < -0.39 is 29.4 Å². The number of alkyl carbamates (subject to hydrolysis) is 1. The van der Waals surface area contributed by atoms with Crippen LogP contribution in [0, 0.1) is 5.92 Å². The molecule has 11 heteroatoms. The summed E-state index contributed by atoms with van der Waals surface area (Å²) < 4.78 is 22.6. The number of amides is 2. The van der Waals surface area contributed by atoms with Crippen molar-refractivity contribution in [3.05, 3.63) is 42.3 Å². The van der Waals surface area contributed by atoms with Gasteiger partial charge in [-0.2, -0.15) is 4.98 Å². The van der Waals surface area contributed by atoms with Crippen molar-refractivity contribution in [3.8, 4) is 17.1 Å². The molecule has 2 aliphatic rings. The van der Waals surface area contributed by atoms with Crippen LogP contribution in [0.5, 0.6) is 5.75 Å². The van der Waals surface area contributed by atoms with Crippen LogP contribution >= 0.6 is 0 Å². The van der Waals surface area contributed by atoms with E-state index in [-0.39, 0.29) is 5.96 Å². The molecule has 1 atom stereocenters. The molecule has 1 saturated carbocycles. The largest absolute Gasteiger partial charge is 0.493 e. The van der Waals surface area contributed by atoms with Crippen molar-refractivity contribution in [2.75, 3.05) is 13.2 Å². The molecule has 0 radical (unpaired) electrons. The first-order chi connectivity index (χ1) is 20.8. The van der Waals surface area contributed by atoms with E-state index in [1.807, 2.05) is 30.3 Å². The van der Waals surface area contributed by atoms with E-state index >= 15 is 0 Å². The van der Waals surface area contributed by atoms with E-state index in [9.17, 15) is 9.59 Å². The fourth-order valence-electron chi connectivity index (χ4n) is 5.54. The number of rotatable bonds is 5. The van der Waals surface area contributed by atoms with Crippen molar-refractivity contribution in [2.45, 2.75) is 97.3 Å². The van der Waals surface area contributed by atoms with Gasteiger partial charge in [-0.05, 0) is 102 Å². The van der Waals surface area contributed by atoms with Crippen LogP contribution in [0.2, 0.25) is 0 Å². The van der Waals surface area contributed by atoms with Crippen LogP contribution in [0.1, 0.15) is 92.0 Å². The van der Waals surface area contributed by atoms with Crippen molar-refractivity contribution in [2.24, 2.45) is 10.9 Å². The summed E-state index contributed by atoms with van der Waals surface area (Å²) in [7, 11) is 0. The monoisotopic (exact) mass is 605 g/mol. The fourth-order valence-corrected chi connectivity index (χ4v) is 5.54. The lowest BCUT2D eigenvalue weighted by atomic mass is 10.1. The molecule has 2 aromatic carbocycles. The third-order valence-corrected chi connectivity index (χ3v) is 7.49. The number of nitrogens with one attached hydrogen (secondary N) is 1. The van der Waals surface area contributed by atoms with Gasteiger partial charge in [0.05, 0.1) is 6.61 Å². The van der Waals surface area contributed by atoms with E-state index in [1.54, 1.807) is 46.4 Å². The second kappa shape index (κ2) is 12.8. The highest BCUT2D eigenvalue weighted by Gasteiger charge is 2.35. The van der Waals surface area contributed by atoms with E-state index in [4.69, 9.17) is 23.7 Å². The van der Waals surface area contributed by atoms with Gasteiger partial charge in [0.15, 0.2) is 0 Å². The van der Waals surface area contributed by atoms with Crippen LogP contribution in [0.25, 0.3) is 22.2 Å². The number of likely N-dealkylation sites (tertiary alicyclic amines) is 1. The number of nitrogens with zero attached hydrogens (tertiary/aromatic N) is 4. The number of hydrogen-bond donors (Lipinski definition) is 1. The van der Waals surface area contributed by atoms with Crippen molar-refractivity contribution in [1.82, 2.24) is 20.4 Å². The van der Waals surface area contributed by atoms with Crippen LogP contribution in [0.15, 0.2) is 45.9 Å². The van der Waals surface area contributed by atoms with Crippen molar-refractivity contribution < 1.29 is 28.3 Å². The lowest BCUT2D eigenvalue weighted by Gasteiger charge is -2.27. The molecule has 11 nitrogen and oxygen atoms in total. The highest BCUT2D eigenvalue weighted by Crippen LogP contribution is 2.33. The summed E-state index contributed by atoms with van der Waals surface area (Å²) in [5.74, 6) is 2.35. The maximum Gasteiger partial charge on any atom is 0.437 e. The summed E-state index contributed by atoms with van der Waals surface area (Å²) in [5, 5.41) is 9.00. The lowest BCUT2D eigenvalue weighted by Crippen LogP contribution is -2.46. The average Bonchev–Trinajstić information content (AvgIpc) is 3.71. The Morgan fingerprint density at radius 3 is 2.39 bits per heavy atom. The summed E-state index contributed by atoms with van der Waals surface area (Å²) in [5.41, 5.74) is -0.685. The van der Waals surface area contributed by atoms with Crippen molar-refractivity contribution in [3.63, 3.8) is 0 Å². The molecule has 2 fully saturated rings. The smallest absolute Gasteiger partial charge is 0.437 e. The predicted octanol–water partition coefficient (Wildman–Crippen LogP) is 7.41. The quantitative estimate of drug-likeness (QED) is 0.233. The Labute approximate surface area is 258 Å². The van der Waals surface area contributed by atoms with Gasteiger partial charge in [0.1, 0.15) is 23.0 Å². The van der Waals surface area contributed by atoms with Crippen molar-refractivity contribution in [1.29, 1.82) is 0 Å². The highest BCUT2D eigenvalue weighted by atomic mass is 16.6. The molecule has 0 unspecified atom stereocenters. The molecular formula is C33H43N5O6. The lowest BCUT2D eigenvalue weighted by molar-refractivity contribution is 0.0553. The molecule has 5 rings (SSSR count). The van der Waals surface area contributed by atoms with Crippen LogP contribution in [-0.2, 0) is 9.47 Å². The molecule has 1 aliphatic heterocycles. The fraction of sp³-hybridized carbons (Fsp3) is 0.545. The first-order valence-electron chi connectivity index (χ1n) is 15.4. The van der Waals surface area contributed by atoms with Crippen LogP contribution in [-0.4, -0.2) is 57.5 Å². The van der Waals surface area contributed by atoms with Gasteiger partial charge in [0.2, 0.25) is 17.7 Å². The van der Waals surface area contributed by atoms with Crippen molar-refractivity contribution >= 4 is 28.9 Å². The minimum absolute atomic E-state index is 0.00686. The molecule has 2 heterocycles. The van der Waals surface area contributed by atoms with Gasteiger partial charge in [0, 0.05) is 12.1 Å². The number of fused-ring (bicyclic) bond motifs is 1. The maximum atomic E-state index is 12.7.